The number of benzene rings is 1. The molecule has 1 heterocycles. The highest BCUT2D eigenvalue weighted by atomic mass is 32.2. The number of hydrogen-bond donors (Lipinski definition) is 1. The lowest BCUT2D eigenvalue weighted by molar-refractivity contribution is 0.242. The van der Waals surface area contributed by atoms with Crippen LogP contribution in [-0.4, -0.2) is 31.9 Å². The molecule has 2 unspecified atom stereocenters. The van der Waals surface area contributed by atoms with Gasteiger partial charge < -0.3 is 5.73 Å². The number of piperidine rings is 1. The lowest BCUT2D eigenvalue weighted by Gasteiger charge is -2.33. The molecule has 4 nitrogen and oxygen atoms in total. The van der Waals surface area contributed by atoms with Crippen molar-refractivity contribution in [1.82, 2.24) is 4.31 Å². The predicted octanol–water partition coefficient (Wildman–Crippen LogP) is 1.85. The van der Waals surface area contributed by atoms with Crippen LogP contribution >= 0.6 is 0 Å². The number of halogens is 3. The molecule has 2 atom stereocenters. The van der Waals surface area contributed by atoms with Crippen LogP contribution in [0.1, 0.15) is 19.8 Å². The van der Waals surface area contributed by atoms with Gasteiger partial charge in [0, 0.05) is 19.1 Å². The second-order valence-electron chi connectivity index (χ2n) is 5.30. The van der Waals surface area contributed by atoms with Gasteiger partial charge in [0.05, 0.1) is 0 Å². The normalized spacial score (nSPS) is 22.2. The van der Waals surface area contributed by atoms with E-state index < -0.39 is 32.4 Å². The quantitative estimate of drug-likeness (QED) is 0.864. The average molecular weight is 322 g/mol. The molecule has 1 aliphatic rings. The lowest BCUT2D eigenvalue weighted by atomic mass is 9.93. The first-order chi connectivity index (χ1) is 9.75. The molecule has 0 bridgehead atoms. The van der Waals surface area contributed by atoms with Gasteiger partial charge >= 0.3 is 0 Å². The summed E-state index contributed by atoms with van der Waals surface area (Å²) < 4.78 is 65.8. The van der Waals surface area contributed by atoms with E-state index in [1.165, 1.54) is 0 Å². The van der Waals surface area contributed by atoms with E-state index in [4.69, 9.17) is 5.73 Å². The highest BCUT2D eigenvalue weighted by molar-refractivity contribution is 7.89. The van der Waals surface area contributed by atoms with Crippen molar-refractivity contribution in [1.29, 1.82) is 0 Å². The summed E-state index contributed by atoms with van der Waals surface area (Å²) >= 11 is 0. The second kappa shape index (κ2) is 5.94. The SMILES string of the molecule is CC(N)C1CCCN(S(=O)(=O)c2ccc(F)c(F)c2F)C1. The van der Waals surface area contributed by atoms with E-state index in [1.807, 2.05) is 0 Å². The molecule has 0 amide bonds. The van der Waals surface area contributed by atoms with Gasteiger partial charge in [-0.3, -0.25) is 0 Å². The molecule has 8 heteroatoms. The van der Waals surface area contributed by atoms with Crippen LogP contribution in [0.15, 0.2) is 17.0 Å². The van der Waals surface area contributed by atoms with Crippen molar-refractivity contribution in [3.8, 4) is 0 Å². The molecule has 0 saturated carbocycles. The van der Waals surface area contributed by atoms with Gasteiger partial charge in [-0.1, -0.05) is 0 Å². The molecule has 118 valence electrons. The first-order valence-corrected chi connectivity index (χ1v) is 8.08. The van der Waals surface area contributed by atoms with Crippen LogP contribution in [0.5, 0.6) is 0 Å². The van der Waals surface area contributed by atoms with Crippen molar-refractivity contribution in [3.05, 3.63) is 29.6 Å². The first kappa shape index (κ1) is 16.3. The Balaban J connectivity index is 2.36. The van der Waals surface area contributed by atoms with Gasteiger partial charge in [0.2, 0.25) is 10.0 Å². The Labute approximate surface area is 121 Å². The molecule has 0 aliphatic carbocycles. The molecule has 0 spiro atoms. The summed E-state index contributed by atoms with van der Waals surface area (Å²) in [4.78, 5) is -0.841. The summed E-state index contributed by atoms with van der Waals surface area (Å²) in [6.07, 6.45) is 1.38. The summed E-state index contributed by atoms with van der Waals surface area (Å²) in [5.41, 5.74) is 5.78. The Morgan fingerprint density at radius 1 is 1.29 bits per heavy atom. The largest absolute Gasteiger partial charge is 0.328 e. The van der Waals surface area contributed by atoms with Crippen LogP contribution in [0.2, 0.25) is 0 Å². The van der Waals surface area contributed by atoms with E-state index in [1.54, 1.807) is 6.92 Å². The van der Waals surface area contributed by atoms with E-state index in [0.717, 1.165) is 16.8 Å². The fourth-order valence-electron chi connectivity index (χ4n) is 2.47. The Hall–Kier alpha value is -1.12. The second-order valence-corrected chi connectivity index (χ2v) is 7.20. The van der Waals surface area contributed by atoms with Crippen molar-refractivity contribution in [2.75, 3.05) is 13.1 Å². The maximum atomic E-state index is 13.7. The minimum absolute atomic E-state index is 0.0399. The van der Waals surface area contributed by atoms with E-state index in [9.17, 15) is 21.6 Å². The third-order valence-electron chi connectivity index (χ3n) is 3.78. The monoisotopic (exact) mass is 322 g/mol. The maximum Gasteiger partial charge on any atom is 0.246 e. The molecule has 21 heavy (non-hydrogen) atoms. The van der Waals surface area contributed by atoms with Crippen molar-refractivity contribution in [2.45, 2.75) is 30.7 Å². The first-order valence-electron chi connectivity index (χ1n) is 6.64. The van der Waals surface area contributed by atoms with Crippen molar-refractivity contribution < 1.29 is 21.6 Å². The van der Waals surface area contributed by atoms with Crippen molar-refractivity contribution in [2.24, 2.45) is 11.7 Å². The summed E-state index contributed by atoms with van der Waals surface area (Å²) in [5.74, 6) is -4.92. The molecular weight excluding hydrogens is 305 g/mol. The molecule has 0 radical (unpaired) electrons. The molecule has 1 aromatic carbocycles. The number of rotatable bonds is 3. The fraction of sp³-hybridized carbons (Fsp3) is 0.538. The molecule has 1 saturated heterocycles. The van der Waals surface area contributed by atoms with Gasteiger partial charge in [-0.25, -0.2) is 21.6 Å². The highest BCUT2D eigenvalue weighted by Gasteiger charge is 2.34. The Morgan fingerprint density at radius 2 is 1.95 bits per heavy atom. The van der Waals surface area contributed by atoms with E-state index >= 15 is 0 Å². The van der Waals surface area contributed by atoms with Gasteiger partial charge in [-0.05, 0) is 37.8 Å². The summed E-state index contributed by atoms with van der Waals surface area (Å²) in [5, 5.41) is 0. The number of nitrogens with two attached hydrogens (primary N) is 1. The standard InChI is InChI=1S/C13H17F3N2O2S/c1-8(17)9-3-2-6-18(7-9)21(19,20)11-5-4-10(14)12(15)13(11)16/h4-5,8-9H,2-3,6-7,17H2,1H3. The number of nitrogens with zero attached hydrogens (tertiary/aromatic N) is 1. The summed E-state index contributed by atoms with van der Waals surface area (Å²) in [6, 6.07) is 1.16. The Morgan fingerprint density at radius 3 is 2.57 bits per heavy atom. The van der Waals surface area contributed by atoms with Gasteiger partial charge in [-0.15, -0.1) is 0 Å². The zero-order valence-corrected chi connectivity index (χ0v) is 12.3. The van der Waals surface area contributed by atoms with Gasteiger partial charge in [0.25, 0.3) is 0 Å². The van der Waals surface area contributed by atoms with Crippen molar-refractivity contribution >= 4 is 10.0 Å². The van der Waals surface area contributed by atoms with E-state index in [-0.39, 0.29) is 25.0 Å². The zero-order valence-electron chi connectivity index (χ0n) is 11.5. The number of hydrogen-bond acceptors (Lipinski definition) is 3. The predicted molar refractivity (Wildman–Crippen MR) is 71.4 cm³/mol. The van der Waals surface area contributed by atoms with Crippen LogP contribution in [0.3, 0.4) is 0 Å². The topological polar surface area (TPSA) is 63.4 Å². The van der Waals surface area contributed by atoms with Crippen LogP contribution in [0.4, 0.5) is 13.2 Å². The third-order valence-corrected chi connectivity index (χ3v) is 5.66. The smallest absolute Gasteiger partial charge is 0.246 e. The molecule has 1 aliphatic heterocycles. The Kier molecular flexibility index (Phi) is 4.60. The van der Waals surface area contributed by atoms with Crippen LogP contribution in [0.25, 0.3) is 0 Å². The molecule has 2 N–H and O–H groups in total. The van der Waals surface area contributed by atoms with Crippen LogP contribution in [-0.2, 0) is 10.0 Å². The summed E-state index contributed by atoms with van der Waals surface area (Å²) in [6.45, 7) is 2.14. The van der Waals surface area contributed by atoms with Crippen molar-refractivity contribution in [3.63, 3.8) is 0 Å². The lowest BCUT2D eigenvalue weighted by Crippen LogP contribution is -2.45. The molecule has 1 aromatic rings. The van der Waals surface area contributed by atoms with Gasteiger partial charge in [0.15, 0.2) is 17.5 Å². The molecule has 0 aromatic heterocycles. The molecule has 2 rings (SSSR count). The maximum absolute atomic E-state index is 13.7. The molecular formula is C13H17F3N2O2S. The van der Waals surface area contributed by atoms with Gasteiger partial charge in [0.1, 0.15) is 4.90 Å². The fourth-order valence-corrected chi connectivity index (χ4v) is 4.06. The van der Waals surface area contributed by atoms with Crippen LogP contribution < -0.4 is 5.73 Å². The highest BCUT2D eigenvalue weighted by Crippen LogP contribution is 2.27. The summed E-state index contributed by atoms with van der Waals surface area (Å²) in [7, 11) is -4.20. The minimum atomic E-state index is -4.20. The van der Waals surface area contributed by atoms with Crippen LogP contribution in [0, 0.1) is 23.4 Å². The molecule has 1 fully saturated rings. The van der Waals surface area contributed by atoms with E-state index in [0.29, 0.717) is 12.5 Å². The average Bonchev–Trinajstić information content (AvgIpc) is 2.44. The third kappa shape index (κ3) is 3.07. The van der Waals surface area contributed by atoms with E-state index in [2.05, 4.69) is 0 Å². The van der Waals surface area contributed by atoms with Gasteiger partial charge in [-0.2, -0.15) is 4.31 Å². The minimum Gasteiger partial charge on any atom is -0.328 e. The Bertz CT molecular complexity index is 635. The number of sulfonamides is 1. The zero-order chi connectivity index (χ0) is 15.8.